The summed E-state index contributed by atoms with van der Waals surface area (Å²) in [4.78, 5) is 13.8. The second-order valence-electron chi connectivity index (χ2n) is 6.95. The quantitative estimate of drug-likeness (QED) is 0.668. The summed E-state index contributed by atoms with van der Waals surface area (Å²) in [6.45, 7) is 4.10. The van der Waals surface area contributed by atoms with Gasteiger partial charge in [-0.1, -0.05) is 26.0 Å². The minimum atomic E-state index is -1.01. The van der Waals surface area contributed by atoms with Crippen molar-refractivity contribution in [1.29, 1.82) is 5.26 Å². The van der Waals surface area contributed by atoms with E-state index in [1.807, 2.05) is 0 Å². The molecule has 2 N–H and O–H groups in total. The molecule has 1 saturated carbocycles. The zero-order chi connectivity index (χ0) is 19.7. The summed E-state index contributed by atoms with van der Waals surface area (Å²) in [5, 5.41) is 9.12. The minimum Gasteiger partial charge on any atom is -0.333 e. The second-order valence-corrected chi connectivity index (χ2v) is 9.51. The fraction of sp³-hybridized carbons (Fsp3) is 0.600. The van der Waals surface area contributed by atoms with Crippen LogP contribution in [0.4, 0.5) is 4.39 Å². The van der Waals surface area contributed by atoms with Gasteiger partial charge in [-0.05, 0) is 43.8 Å². The molecular weight excluding hydrogens is 367 g/mol. The van der Waals surface area contributed by atoms with Crippen molar-refractivity contribution in [2.24, 2.45) is 17.6 Å². The molecule has 2 rings (SSSR count). The monoisotopic (exact) mass is 396 g/mol. The van der Waals surface area contributed by atoms with Crippen molar-refractivity contribution in [3.8, 4) is 6.07 Å². The van der Waals surface area contributed by atoms with Crippen LogP contribution >= 0.6 is 23.5 Å². The second kappa shape index (κ2) is 11.0. The maximum Gasteiger partial charge on any atom is 0.138 e. The number of nitrogens with two attached hydrogens (primary N) is 1. The van der Waals surface area contributed by atoms with E-state index in [1.54, 1.807) is 23.5 Å². The summed E-state index contributed by atoms with van der Waals surface area (Å²) in [6.07, 6.45) is 1.86. The molecule has 1 aliphatic rings. The molecule has 0 saturated heterocycles. The highest BCUT2D eigenvalue weighted by molar-refractivity contribution is 7.99. The molecule has 3 unspecified atom stereocenters. The maximum absolute atomic E-state index is 13.5. The van der Waals surface area contributed by atoms with Gasteiger partial charge in [-0.25, -0.2) is 4.39 Å². The number of Topliss-reactive ketones (excluding diaryl/α,β-unsaturated/α-hetero) is 1. The molecule has 0 spiro atoms. The Morgan fingerprint density at radius 3 is 2.46 bits per heavy atom. The van der Waals surface area contributed by atoms with Gasteiger partial charge in [0.2, 0.25) is 0 Å². The summed E-state index contributed by atoms with van der Waals surface area (Å²) in [6, 6.07) is 10.6. The van der Waals surface area contributed by atoms with Gasteiger partial charge in [0.15, 0.2) is 0 Å². The Labute approximate surface area is 165 Å². The predicted molar refractivity (Wildman–Crippen MR) is 110 cm³/mol. The average Bonchev–Trinajstić information content (AvgIpc) is 3.03. The van der Waals surface area contributed by atoms with Crippen molar-refractivity contribution in [3.63, 3.8) is 0 Å². The number of rotatable bonds is 7. The first-order chi connectivity index (χ1) is 12.3. The van der Waals surface area contributed by atoms with Gasteiger partial charge in [0.1, 0.15) is 12.0 Å². The molecule has 1 aromatic rings. The Balaban J connectivity index is 0.00000163. The van der Waals surface area contributed by atoms with Crippen LogP contribution in [0.25, 0.3) is 0 Å². The zero-order valence-corrected chi connectivity index (χ0v) is 17.6. The highest BCUT2D eigenvalue weighted by atomic mass is 32.2. The van der Waals surface area contributed by atoms with Crippen molar-refractivity contribution < 1.29 is 9.18 Å². The van der Waals surface area contributed by atoms with E-state index in [4.69, 9.17) is 5.26 Å². The van der Waals surface area contributed by atoms with Crippen LogP contribution in [-0.2, 0) is 10.5 Å². The third-order valence-electron chi connectivity index (χ3n) is 4.47. The van der Waals surface area contributed by atoms with Crippen LogP contribution in [0, 0.1) is 23.2 Å². The van der Waals surface area contributed by atoms with E-state index in [-0.39, 0.29) is 23.4 Å². The standard InChI is InChI=1S/C19H24FNOS2.CH5N/c1-19(2,24-12-13-4-6-16(23-3)7-5-13)10-18(22)17-9-15(20)8-14(17)11-21;1-2/h4-7,14-15,17H,8-10,12H2,1-3H3;2H2,1H3. The first-order valence-electron chi connectivity index (χ1n) is 8.75. The Bertz CT molecular complexity index is 613. The van der Waals surface area contributed by atoms with E-state index in [0.717, 1.165) is 5.75 Å². The highest BCUT2D eigenvalue weighted by Crippen LogP contribution is 2.38. The van der Waals surface area contributed by atoms with Gasteiger partial charge in [0, 0.05) is 27.7 Å². The van der Waals surface area contributed by atoms with E-state index in [9.17, 15) is 9.18 Å². The largest absolute Gasteiger partial charge is 0.333 e. The number of benzene rings is 1. The lowest BCUT2D eigenvalue weighted by atomic mass is 9.88. The molecule has 0 aromatic heterocycles. The van der Waals surface area contributed by atoms with Crippen LogP contribution in [0.1, 0.15) is 38.7 Å². The van der Waals surface area contributed by atoms with E-state index in [0.29, 0.717) is 6.42 Å². The number of carbonyl (C=O) groups excluding carboxylic acids is 1. The van der Waals surface area contributed by atoms with Gasteiger partial charge in [-0.2, -0.15) is 17.0 Å². The Hall–Kier alpha value is -1.03. The molecule has 0 radical (unpaired) electrons. The highest BCUT2D eigenvalue weighted by Gasteiger charge is 2.40. The molecule has 0 bridgehead atoms. The lowest BCUT2D eigenvalue weighted by Gasteiger charge is -2.25. The van der Waals surface area contributed by atoms with Crippen LogP contribution in [0.5, 0.6) is 0 Å². The number of halogens is 1. The lowest BCUT2D eigenvalue weighted by Crippen LogP contribution is -2.27. The topological polar surface area (TPSA) is 66.9 Å². The van der Waals surface area contributed by atoms with Crippen LogP contribution in [0.15, 0.2) is 29.2 Å². The molecule has 3 nitrogen and oxygen atoms in total. The first-order valence-corrected chi connectivity index (χ1v) is 11.0. The number of ketones is 1. The van der Waals surface area contributed by atoms with Crippen molar-refractivity contribution in [2.45, 2.75) is 54.7 Å². The number of nitrogens with zero attached hydrogens (tertiary/aromatic N) is 1. The molecule has 0 amide bonds. The molecule has 3 atom stereocenters. The number of thioether (sulfide) groups is 2. The van der Waals surface area contributed by atoms with Crippen molar-refractivity contribution in [1.82, 2.24) is 0 Å². The first kappa shape index (κ1) is 23.0. The van der Waals surface area contributed by atoms with Gasteiger partial charge in [-0.15, -0.1) is 11.8 Å². The van der Waals surface area contributed by atoms with Gasteiger partial charge >= 0.3 is 0 Å². The molecule has 1 aliphatic carbocycles. The van der Waals surface area contributed by atoms with E-state index >= 15 is 0 Å². The number of hydrogen-bond acceptors (Lipinski definition) is 5. The minimum absolute atomic E-state index is 0.0388. The SMILES string of the molecule is CN.CSc1ccc(CSC(C)(C)CC(=O)C2CC(F)CC2C#N)cc1. The Morgan fingerprint density at radius 2 is 1.92 bits per heavy atom. The molecule has 0 aliphatic heterocycles. The normalized spacial score (nSPS) is 22.3. The maximum atomic E-state index is 13.5. The van der Waals surface area contributed by atoms with Gasteiger partial charge < -0.3 is 5.73 Å². The van der Waals surface area contributed by atoms with Crippen LogP contribution in [0.2, 0.25) is 0 Å². The fourth-order valence-electron chi connectivity index (χ4n) is 3.08. The van der Waals surface area contributed by atoms with Gasteiger partial charge in [0.05, 0.1) is 12.0 Å². The zero-order valence-electron chi connectivity index (χ0n) is 16.0. The number of carbonyl (C=O) groups is 1. The van der Waals surface area contributed by atoms with E-state index in [1.165, 1.54) is 17.5 Å². The summed E-state index contributed by atoms with van der Waals surface area (Å²) in [7, 11) is 1.50. The number of alkyl halides is 1. The average molecular weight is 397 g/mol. The molecule has 144 valence electrons. The third kappa shape index (κ3) is 6.94. The van der Waals surface area contributed by atoms with E-state index < -0.39 is 18.0 Å². The Morgan fingerprint density at radius 1 is 1.31 bits per heavy atom. The fourth-order valence-corrected chi connectivity index (χ4v) is 4.48. The molecule has 1 aromatic carbocycles. The summed E-state index contributed by atoms with van der Waals surface area (Å²) < 4.78 is 13.3. The summed E-state index contributed by atoms with van der Waals surface area (Å²) in [5.74, 6) is 0.00239. The lowest BCUT2D eigenvalue weighted by molar-refractivity contribution is -0.123. The van der Waals surface area contributed by atoms with Crippen LogP contribution in [-0.4, -0.2) is 30.0 Å². The van der Waals surface area contributed by atoms with Crippen LogP contribution in [0.3, 0.4) is 0 Å². The number of hydrogen-bond donors (Lipinski definition) is 1. The molecule has 26 heavy (non-hydrogen) atoms. The summed E-state index contributed by atoms with van der Waals surface area (Å²) >= 11 is 3.46. The predicted octanol–water partition coefficient (Wildman–Crippen LogP) is 4.84. The Kier molecular flexibility index (Phi) is 9.70. The van der Waals surface area contributed by atoms with Gasteiger partial charge in [0.25, 0.3) is 0 Å². The molecule has 0 heterocycles. The van der Waals surface area contributed by atoms with Crippen molar-refractivity contribution in [2.75, 3.05) is 13.3 Å². The molecule has 6 heteroatoms. The van der Waals surface area contributed by atoms with Crippen molar-refractivity contribution >= 4 is 29.3 Å². The van der Waals surface area contributed by atoms with Gasteiger partial charge in [-0.3, -0.25) is 4.79 Å². The summed E-state index contributed by atoms with van der Waals surface area (Å²) in [5.41, 5.74) is 5.73. The molecular formula is C20H29FN2OS2. The smallest absolute Gasteiger partial charge is 0.138 e. The third-order valence-corrected chi connectivity index (χ3v) is 6.62. The van der Waals surface area contributed by atoms with Crippen molar-refractivity contribution in [3.05, 3.63) is 29.8 Å². The molecule has 1 fully saturated rings. The number of nitriles is 1. The van der Waals surface area contributed by atoms with E-state index in [2.05, 4.69) is 56.2 Å². The van der Waals surface area contributed by atoms with Crippen LogP contribution < -0.4 is 5.73 Å².